The van der Waals surface area contributed by atoms with Crippen LogP contribution in [0.25, 0.3) is 0 Å². The van der Waals surface area contributed by atoms with Gasteiger partial charge in [-0.2, -0.15) is 14.9 Å². The number of nitrogens with zero attached hydrogens (tertiary/aromatic N) is 4. The molecule has 1 aromatic carbocycles. The van der Waals surface area contributed by atoms with Crippen LogP contribution in [0.3, 0.4) is 0 Å². The third kappa shape index (κ3) is 3.17. The van der Waals surface area contributed by atoms with Crippen molar-refractivity contribution in [3.8, 4) is 5.75 Å². The van der Waals surface area contributed by atoms with Crippen LogP contribution in [0.1, 0.15) is 5.56 Å². The molecule has 0 aliphatic carbocycles. The average molecular weight is 307 g/mol. The molecule has 1 heterocycles. The van der Waals surface area contributed by atoms with E-state index < -0.39 is 10.5 Å². The van der Waals surface area contributed by atoms with Crippen molar-refractivity contribution in [3.63, 3.8) is 0 Å². The van der Waals surface area contributed by atoms with Crippen molar-refractivity contribution in [2.75, 3.05) is 7.11 Å². The van der Waals surface area contributed by atoms with Crippen LogP contribution in [0.2, 0.25) is 0 Å². The summed E-state index contributed by atoms with van der Waals surface area (Å²) in [5.74, 6) is 0.135. The number of hydrogen-bond acceptors (Lipinski definition) is 7. The Morgan fingerprint density at radius 2 is 2.33 bits per heavy atom. The third-order valence-corrected chi connectivity index (χ3v) is 2.72. The third-order valence-electron chi connectivity index (χ3n) is 2.46. The smallest absolute Gasteiger partial charge is 0.311 e. The molecule has 2 aromatic rings. The van der Waals surface area contributed by atoms with Crippen LogP contribution in [-0.4, -0.2) is 33.1 Å². The van der Waals surface area contributed by atoms with Crippen molar-refractivity contribution in [1.29, 1.82) is 0 Å². The zero-order valence-electron chi connectivity index (χ0n) is 10.7. The second kappa shape index (κ2) is 6.05. The number of rotatable bonds is 4. The molecule has 0 fully saturated rings. The van der Waals surface area contributed by atoms with E-state index in [1.54, 1.807) is 6.07 Å². The molecule has 0 aliphatic rings. The number of aromatic amines is 1. The number of nitrogens with one attached hydrogen (secondary N) is 1. The minimum absolute atomic E-state index is 0.0155. The van der Waals surface area contributed by atoms with Crippen LogP contribution in [0.15, 0.2) is 34.3 Å². The van der Waals surface area contributed by atoms with Crippen molar-refractivity contribution in [1.82, 2.24) is 14.9 Å². The van der Waals surface area contributed by atoms with Gasteiger partial charge >= 0.3 is 5.69 Å². The van der Waals surface area contributed by atoms with Gasteiger partial charge in [-0.05, 0) is 24.4 Å². The highest BCUT2D eigenvalue weighted by atomic mass is 32.1. The maximum Gasteiger partial charge on any atom is 0.311 e. The van der Waals surface area contributed by atoms with Gasteiger partial charge < -0.3 is 4.74 Å². The Balaban J connectivity index is 2.43. The summed E-state index contributed by atoms with van der Waals surface area (Å²) in [5, 5.41) is 20.7. The first kappa shape index (κ1) is 14.5. The van der Waals surface area contributed by atoms with E-state index in [9.17, 15) is 14.9 Å². The fraction of sp³-hybridized carbons (Fsp3) is 0.0909. The highest BCUT2D eigenvalue weighted by Crippen LogP contribution is 2.26. The van der Waals surface area contributed by atoms with E-state index >= 15 is 0 Å². The summed E-state index contributed by atoms with van der Waals surface area (Å²) in [4.78, 5) is 21.9. The van der Waals surface area contributed by atoms with Gasteiger partial charge in [0.25, 0.3) is 5.56 Å². The number of ether oxygens (including phenoxy) is 1. The van der Waals surface area contributed by atoms with Crippen LogP contribution in [0, 0.1) is 14.9 Å². The number of nitro groups is 1. The van der Waals surface area contributed by atoms with Gasteiger partial charge in [-0.25, -0.2) is 0 Å². The molecule has 0 radical (unpaired) electrons. The lowest BCUT2D eigenvalue weighted by molar-refractivity contribution is -0.385. The minimum atomic E-state index is -0.568. The summed E-state index contributed by atoms with van der Waals surface area (Å²) in [6, 6.07) is 4.28. The Bertz CT molecular complexity index is 798. The molecule has 0 saturated carbocycles. The molecule has 21 heavy (non-hydrogen) atoms. The van der Waals surface area contributed by atoms with Gasteiger partial charge in [0, 0.05) is 11.6 Å². The Morgan fingerprint density at radius 3 is 2.95 bits per heavy atom. The van der Waals surface area contributed by atoms with E-state index in [0.717, 1.165) is 10.9 Å². The molecule has 108 valence electrons. The Labute approximate surface area is 122 Å². The second-order valence-electron chi connectivity index (χ2n) is 3.76. The highest BCUT2D eigenvalue weighted by Gasteiger charge is 2.14. The van der Waals surface area contributed by atoms with Crippen LogP contribution in [-0.2, 0) is 0 Å². The van der Waals surface area contributed by atoms with E-state index in [0.29, 0.717) is 5.56 Å². The maximum atomic E-state index is 11.5. The molecule has 0 unspecified atom stereocenters. The quantitative estimate of drug-likeness (QED) is 0.391. The van der Waals surface area contributed by atoms with Gasteiger partial charge in [0.1, 0.15) is 6.20 Å². The zero-order chi connectivity index (χ0) is 15.4. The molecular formula is C11H9N5O4S. The van der Waals surface area contributed by atoms with Crippen LogP contribution in [0.4, 0.5) is 5.69 Å². The average Bonchev–Trinajstić information content (AvgIpc) is 2.46. The lowest BCUT2D eigenvalue weighted by Crippen LogP contribution is -2.18. The SMILES string of the molecule is COc1ccc(/C=N/n2c(=O)cn[nH]c2=S)cc1[N+](=O)[O-]. The monoisotopic (exact) mass is 307 g/mol. The molecule has 10 heteroatoms. The van der Waals surface area contributed by atoms with E-state index in [1.807, 2.05) is 0 Å². The van der Waals surface area contributed by atoms with Gasteiger partial charge in [0.05, 0.1) is 18.2 Å². The topological polar surface area (TPSA) is 115 Å². The normalized spacial score (nSPS) is 10.7. The van der Waals surface area contributed by atoms with Crippen molar-refractivity contribution in [3.05, 3.63) is 55.2 Å². The summed E-state index contributed by atoms with van der Waals surface area (Å²) in [6.45, 7) is 0. The fourth-order valence-corrected chi connectivity index (χ4v) is 1.70. The summed E-state index contributed by atoms with van der Waals surface area (Å²) in [5.41, 5.74) is -0.299. The number of H-pyrrole nitrogens is 1. The van der Waals surface area contributed by atoms with Gasteiger partial charge in [0.2, 0.25) is 4.77 Å². The first-order chi connectivity index (χ1) is 10.0. The Kier molecular flexibility index (Phi) is 4.18. The molecule has 0 spiro atoms. The van der Waals surface area contributed by atoms with E-state index in [1.165, 1.54) is 25.5 Å². The number of aromatic nitrogens is 3. The lowest BCUT2D eigenvalue weighted by Gasteiger charge is -2.02. The number of hydrogen-bond donors (Lipinski definition) is 1. The highest BCUT2D eigenvalue weighted by molar-refractivity contribution is 7.71. The Morgan fingerprint density at radius 1 is 1.57 bits per heavy atom. The molecular weight excluding hydrogens is 298 g/mol. The molecule has 1 N–H and O–H groups in total. The molecule has 9 nitrogen and oxygen atoms in total. The number of nitro benzene ring substituents is 1. The fourth-order valence-electron chi connectivity index (χ4n) is 1.51. The van der Waals surface area contributed by atoms with Gasteiger partial charge in [0.15, 0.2) is 5.75 Å². The van der Waals surface area contributed by atoms with Crippen LogP contribution in [0.5, 0.6) is 5.75 Å². The molecule has 0 amide bonds. The first-order valence-corrected chi connectivity index (χ1v) is 5.97. The maximum absolute atomic E-state index is 11.5. The molecule has 0 atom stereocenters. The van der Waals surface area contributed by atoms with E-state index in [2.05, 4.69) is 15.3 Å². The molecule has 0 saturated heterocycles. The predicted molar refractivity (Wildman–Crippen MR) is 76.3 cm³/mol. The molecule has 1 aromatic heterocycles. The molecule has 0 bridgehead atoms. The van der Waals surface area contributed by atoms with Crippen LogP contribution >= 0.6 is 12.2 Å². The lowest BCUT2D eigenvalue weighted by atomic mass is 10.2. The van der Waals surface area contributed by atoms with Crippen molar-refractivity contribution in [2.45, 2.75) is 0 Å². The van der Waals surface area contributed by atoms with Gasteiger partial charge in [-0.3, -0.25) is 20.0 Å². The largest absolute Gasteiger partial charge is 0.490 e. The number of methoxy groups -OCH3 is 1. The van der Waals surface area contributed by atoms with Crippen LogP contribution < -0.4 is 10.3 Å². The predicted octanol–water partition coefficient (Wildman–Crippen LogP) is 1.10. The second-order valence-corrected chi connectivity index (χ2v) is 4.14. The van der Waals surface area contributed by atoms with Crippen molar-refractivity contribution >= 4 is 24.1 Å². The summed E-state index contributed by atoms with van der Waals surface area (Å²) in [7, 11) is 1.34. The van der Waals surface area contributed by atoms with Gasteiger partial charge in [-0.1, -0.05) is 0 Å². The Hall–Kier alpha value is -2.88. The van der Waals surface area contributed by atoms with Crippen molar-refractivity contribution in [2.24, 2.45) is 5.10 Å². The first-order valence-electron chi connectivity index (χ1n) is 5.56. The molecule has 2 rings (SSSR count). The van der Waals surface area contributed by atoms with Crippen molar-refractivity contribution < 1.29 is 9.66 Å². The summed E-state index contributed by atoms with van der Waals surface area (Å²) >= 11 is 4.86. The minimum Gasteiger partial charge on any atom is -0.490 e. The van der Waals surface area contributed by atoms with E-state index in [-0.39, 0.29) is 16.2 Å². The van der Waals surface area contributed by atoms with Gasteiger partial charge in [-0.15, -0.1) is 0 Å². The standard InChI is InChI=1S/C11H9N5O4S/c1-20-9-3-2-7(4-8(9)16(18)19)5-13-15-10(17)6-12-14-11(15)21/h2-6H,1H3,(H,14,21)/b13-5+. The number of benzene rings is 1. The summed E-state index contributed by atoms with van der Waals surface area (Å²) in [6.07, 6.45) is 2.29. The molecule has 0 aliphatic heterocycles. The summed E-state index contributed by atoms with van der Waals surface area (Å²) < 4.78 is 5.82. The zero-order valence-corrected chi connectivity index (χ0v) is 11.5. The van der Waals surface area contributed by atoms with E-state index in [4.69, 9.17) is 17.0 Å².